The molecule has 2 N–H and O–H groups in total. The van der Waals surface area contributed by atoms with E-state index < -0.39 is 0 Å². The number of benzene rings is 1. The van der Waals surface area contributed by atoms with E-state index in [4.69, 9.17) is 4.74 Å². The van der Waals surface area contributed by atoms with Crippen LogP contribution in [0.2, 0.25) is 0 Å². The van der Waals surface area contributed by atoms with E-state index in [9.17, 15) is 4.79 Å². The van der Waals surface area contributed by atoms with Gasteiger partial charge in [-0.3, -0.25) is 9.69 Å². The third-order valence-corrected chi connectivity index (χ3v) is 6.21. The molecule has 1 aromatic carbocycles. The molecule has 0 spiro atoms. The highest BCUT2D eigenvalue weighted by molar-refractivity contribution is 14.0. The van der Waals surface area contributed by atoms with Crippen LogP contribution in [0.4, 0.5) is 0 Å². The number of carbonyl (C=O) groups excluding carboxylic acids is 1. The van der Waals surface area contributed by atoms with Gasteiger partial charge in [0.1, 0.15) is 6.54 Å². The Hall–Kier alpha value is -1.69. The van der Waals surface area contributed by atoms with E-state index in [1.807, 2.05) is 18.2 Å². The van der Waals surface area contributed by atoms with Gasteiger partial charge in [-0.05, 0) is 23.4 Å². The van der Waals surface area contributed by atoms with E-state index in [0.717, 1.165) is 39.3 Å². The SMILES string of the molecule is CN(C)C(=O)CN=C(NCCc1ccccc1)NCC(c1cccs1)N1CCOCC1.I. The maximum absolute atomic E-state index is 12.1. The zero-order valence-electron chi connectivity index (χ0n) is 18.8. The summed E-state index contributed by atoms with van der Waals surface area (Å²) in [5.41, 5.74) is 1.27. The van der Waals surface area contributed by atoms with Crippen molar-refractivity contribution in [3.05, 3.63) is 58.3 Å². The number of thiophene rings is 1. The van der Waals surface area contributed by atoms with Gasteiger partial charge in [0.05, 0.1) is 19.3 Å². The van der Waals surface area contributed by atoms with Gasteiger partial charge in [0.25, 0.3) is 0 Å². The fraction of sp³-hybridized carbons (Fsp3) is 0.478. The first-order valence-corrected chi connectivity index (χ1v) is 11.6. The highest BCUT2D eigenvalue weighted by Gasteiger charge is 2.23. The molecule has 1 aliphatic rings. The largest absolute Gasteiger partial charge is 0.379 e. The smallest absolute Gasteiger partial charge is 0.243 e. The van der Waals surface area contributed by atoms with E-state index in [1.54, 1.807) is 30.3 Å². The predicted octanol–water partition coefficient (Wildman–Crippen LogP) is 2.61. The normalized spacial score (nSPS) is 15.5. The molecule has 1 fully saturated rings. The zero-order chi connectivity index (χ0) is 21.9. The van der Waals surface area contributed by atoms with Crippen molar-refractivity contribution >= 4 is 47.2 Å². The maximum atomic E-state index is 12.1. The van der Waals surface area contributed by atoms with E-state index >= 15 is 0 Å². The van der Waals surface area contributed by atoms with Gasteiger partial charge in [-0.25, -0.2) is 4.99 Å². The number of guanidine groups is 1. The number of halogens is 1. The summed E-state index contributed by atoms with van der Waals surface area (Å²) in [6.45, 7) is 4.93. The number of morpholine rings is 1. The summed E-state index contributed by atoms with van der Waals surface area (Å²) in [5.74, 6) is 0.646. The summed E-state index contributed by atoms with van der Waals surface area (Å²) in [5, 5.41) is 8.99. The van der Waals surface area contributed by atoms with Crippen LogP contribution in [0.15, 0.2) is 52.8 Å². The molecular formula is C23H34IN5O2S. The van der Waals surface area contributed by atoms with Gasteiger partial charge in [0.15, 0.2) is 5.96 Å². The number of nitrogens with zero attached hydrogens (tertiary/aromatic N) is 3. The van der Waals surface area contributed by atoms with Crippen LogP contribution < -0.4 is 10.6 Å². The molecular weight excluding hydrogens is 537 g/mol. The van der Waals surface area contributed by atoms with Crippen LogP contribution in [0.25, 0.3) is 0 Å². The Labute approximate surface area is 212 Å². The zero-order valence-corrected chi connectivity index (χ0v) is 22.0. The average Bonchev–Trinajstić information content (AvgIpc) is 3.33. The Morgan fingerprint density at radius 1 is 1.16 bits per heavy atom. The lowest BCUT2D eigenvalue weighted by Gasteiger charge is -2.34. The molecule has 0 radical (unpaired) electrons. The Balaban J connectivity index is 0.00000363. The van der Waals surface area contributed by atoms with Crippen molar-refractivity contribution in [1.82, 2.24) is 20.4 Å². The third-order valence-electron chi connectivity index (χ3n) is 5.24. The van der Waals surface area contributed by atoms with Crippen LogP contribution in [0.1, 0.15) is 16.5 Å². The van der Waals surface area contributed by atoms with Crippen molar-refractivity contribution in [1.29, 1.82) is 0 Å². The quantitative estimate of drug-likeness (QED) is 0.275. The number of carbonyl (C=O) groups is 1. The molecule has 3 rings (SSSR count). The fourth-order valence-corrected chi connectivity index (χ4v) is 4.27. The second-order valence-corrected chi connectivity index (χ2v) is 8.66. The minimum atomic E-state index is -0.0212. The van der Waals surface area contributed by atoms with Crippen LogP contribution in [-0.4, -0.2) is 81.7 Å². The van der Waals surface area contributed by atoms with Gasteiger partial charge >= 0.3 is 0 Å². The topological polar surface area (TPSA) is 69.2 Å². The van der Waals surface area contributed by atoms with Crippen molar-refractivity contribution in [3.63, 3.8) is 0 Å². The van der Waals surface area contributed by atoms with Crippen LogP contribution >= 0.6 is 35.3 Å². The van der Waals surface area contributed by atoms with Gasteiger partial charge in [0, 0.05) is 45.2 Å². The highest BCUT2D eigenvalue weighted by atomic mass is 127. The molecule has 9 heteroatoms. The van der Waals surface area contributed by atoms with E-state index in [2.05, 4.69) is 50.2 Å². The average molecular weight is 572 g/mol. The van der Waals surface area contributed by atoms with Crippen LogP contribution in [-0.2, 0) is 16.0 Å². The molecule has 0 saturated carbocycles. The second kappa shape index (κ2) is 14.5. The second-order valence-electron chi connectivity index (χ2n) is 7.68. The molecule has 1 saturated heterocycles. The number of hydrogen-bond acceptors (Lipinski definition) is 5. The molecule has 1 amide bonds. The van der Waals surface area contributed by atoms with Gasteiger partial charge in [-0.15, -0.1) is 35.3 Å². The monoisotopic (exact) mass is 571 g/mol. The van der Waals surface area contributed by atoms with Crippen molar-refractivity contribution in [2.45, 2.75) is 12.5 Å². The first kappa shape index (κ1) is 26.6. The molecule has 0 bridgehead atoms. The highest BCUT2D eigenvalue weighted by Crippen LogP contribution is 2.25. The first-order chi connectivity index (χ1) is 15.1. The summed E-state index contributed by atoms with van der Waals surface area (Å²) in [7, 11) is 3.50. The van der Waals surface area contributed by atoms with Gasteiger partial charge in [0.2, 0.25) is 5.91 Å². The number of likely N-dealkylation sites (N-methyl/N-ethyl adjacent to an activating group) is 1. The Morgan fingerprint density at radius 2 is 1.91 bits per heavy atom. The number of hydrogen-bond donors (Lipinski definition) is 2. The summed E-state index contributed by atoms with van der Waals surface area (Å²) >= 11 is 1.77. The molecule has 176 valence electrons. The van der Waals surface area contributed by atoms with E-state index in [0.29, 0.717) is 12.5 Å². The molecule has 1 aliphatic heterocycles. The molecule has 1 aromatic heterocycles. The molecule has 0 aliphatic carbocycles. The Bertz CT molecular complexity index is 811. The molecule has 1 atom stereocenters. The number of ether oxygens (including phenoxy) is 1. The van der Waals surface area contributed by atoms with E-state index in [1.165, 1.54) is 10.4 Å². The summed E-state index contributed by atoms with van der Waals surface area (Å²) in [6.07, 6.45) is 0.890. The Morgan fingerprint density at radius 3 is 2.56 bits per heavy atom. The molecule has 2 aromatic rings. The summed E-state index contributed by atoms with van der Waals surface area (Å²) in [6, 6.07) is 14.9. The van der Waals surface area contributed by atoms with Crippen molar-refractivity contribution in [2.75, 3.05) is 60.0 Å². The molecule has 2 heterocycles. The Kier molecular flexibility index (Phi) is 12.0. The summed E-state index contributed by atoms with van der Waals surface area (Å²) in [4.78, 5) is 21.9. The predicted molar refractivity (Wildman–Crippen MR) is 142 cm³/mol. The number of aliphatic imine (C=N–C) groups is 1. The maximum Gasteiger partial charge on any atom is 0.243 e. The van der Waals surface area contributed by atoms with Crippen LogP contribution in [0, 0.1) is 0 Å². The molecule has 7 nitrogen and oxygen atoms in total. The van der Waals surface area contributed by atoms with Crippen molar-refractivity contribution in [2.24, 2.45) is 4.99 Å². The van der Waals surface area contributed by atoms with Crippen molar-refractivity contribution in [3.8, 4) is 0 Å². The summed E-state index contributed by atoms with van der Waals surface area (Å²) < 4.78 is 5.54. The van der Waals surface area contributed by atoms with Gasteiger partial charge < -0.3 is 20.3 Å². The van der Waals surface area contributed by atoms with Gasteiger partial charge in [-0.2, -0.15) is 0 Å². The number of nitrogens with one attached hydrogen (secondary N) is 2. The lowest BCUT2D eigenvalue weighted by molar-refractivity contribution is -0.127. The van der Waals surface area contributed by atoms with Crippen molar-refractivity contribution < 1.29 is 9.53 Å². The van der Waals surface area contributed by atoms with Crippen LogP contribution in [0.5, 0.6) is 0 Å². The first-order valence-electron chi connectivity index (χ1n) is 10.7. The fourth-order valence-electron chi connectivity index (χ4n) is 3.41. The minimum absolute atomic E-state index is 0. The lowest BCUT2D eigenvalue weighted by atomic mass is 10.1. The lowest BCUT2D eigenvalue weighted by Crippen LogP contribution is -2.46. The molecule has 32 heavy (non-hydrogen) atoms. The van der Waals surface area contributed by atoms with E-state index in [-0.39, 0.29) is 42.5 Å². The van der Waals surface area contributed by atoms with Crippen LogP contribution in [0.3, 0.4) is 0 Å². The molecule has 1 unspecified atom stereocenters. The van der Waals surface area contributed by atoms with Gasteiger partial charge in [-0.1, -0.05) is 36.4 Å². The standard InChI is InChI=1S/C23H33N5O2S.HI/c1-27(2)22(29)18-26-23(24-11-10-19-7-4-3-5-8-19)25-17-20(21-9-6-16-31-21)28-12-14-30-15-13-28;/h3-9,16,20H,10-15,17-18H2,1-2H3,(H2,24,25,26);1H. The number of rotatable bonds is 9. The minimum Gasteiger partial charge on any atom is -0.379 e. The third kappa shape index (κ3) is 8.68. The number of amides is 1.